The largest absolute Gasteiger partial charge is 0.316 e. The summed E-state index contributed by atoms with van der Waals surface area (Å²) in [7, 11) is 2.94. The lowest BCUT2D eigenvalue weighted by Gasteiger charge is -2.40. The molecule has 2 aromatic rings. The minimum atomic E-state index is -0.0741. The van der Waals surface area contributed by atoms with Gasteiger partial charge in [0.25, 0.3) is 0 Å². The molecule has 0 spiro atoms. The zero-order valence-electron chi connectivity index (χ0n) is 20.3. The Bertz CT molecular complexity index is 845. The molecule has 2 fully saturated rings. The first-order valence-corrected chi connectivity index (χ1v) is 15.0. The highest BCUT2D eigenvalue weighted by atomic mass is 31.1. The van der Waals surface area contributed by atoms with Gasteiger partial charge in [-0.05, 0) is 95.6 Å². The van der Waals surface area contributed by atoms with Gasteiger partial charge in [-0.15, -0.1) is 9.24 Å². The first kappa shape index (κ1) is 24.3. The summed E-state index contributed by atoms with van der Waals surface area (Å²) < 4.78 is 0. The summed E-state index contributed by atoms with van der Waals surface area (Å²) in [5.74, 6) is 0. The molecule has 32 heavy (non-hydrogen) atoms. The predicted octanol–water partition coefficient (Wildman–Crippen LogP) is 6.51. The lowest BCUT2D eigenvalue weighted by Crippen LogP contribution is -2.39. The molecule has 2 nitrogen and oxygen atoms in total. The molecular weight excluding hydrogens is 426 g/mol. The van der Waals surface area contributed by atoms with Crippen molar-refractivity contribution in [2.75, 3.05) is 26.2 Å². The summed E-state index contributed by atoms with van der Waals surface area (Å²) in [6.07, 6.45) is 7.84. The quantitative estimate of drug-likeness (QED) is 0.472. The molecule has 2 aromatic carbocycles. The van der Waals surface area contributed by atoms with Crippen molar-refractivity contribution >= 4 is 17.2 Å². The Kier molecular flexibility index (Phi) is 8.44. The molecule has 3 unspecified atom stereocenters. The van der Waals surface area contributed by atoms with Crippen LogP contribution in [0.1, 0.15) is 63.1 Å². The number of hydrogen-bond acceptors (Lipinski definition) is 2. The lowest BCUT2D eigenvalue weighted by atomic mass is 9.78. The van der Waals surface area contributed by atoms with E-state index >= 15 is 0 Å². The molecule has 3 atom stereocenters. The van der Waals surface area contributed by atoms with Crippen molar-refractivity contribution in [3.8, 4) is 11.1 Å². The molecule has 2 heterocycles. The van der Waals surface area contributed by atoms with Crippen molar-refractivity contribution in [1.29, 1.82) is 0 Å². The van der Waals surface area contributed by atoms with E-state index in [2.05, 4.69) is 83.1 Å². The summed E-state index contributed by atoms with van der Waals surface area (Å²) in [4.78, 5) is 0. The highest BCUT2D eigenvalue weighted by molar-refractivity contribution is 7.58. The van der Waals surface area contributed by atoms with Crippen molar-refractivity contribution in [3.63, 3.8) is 0 Å². The van der Waals surface area contributed by atoms with Gasteiger partial charge >= 0.3 is 0 Å². The Morgan fingerprint density at radius 2 is 1.53 bits per heavy atom. The third kappa shape index (κ3) is 5.64. The van der Waals surface area contributed by atoms with Crippen molar-refractivity contribution in [3.05, 3.63) is 59.2 Å². The third-order valence-corrected chi connectivity index (χ3v) is 11.2. The second kappa shape index (κ2) is 11.1. The molecule has 0 bridgehead atoms. The first-order chi connectivity index (χ1) is 15.5. The van der Waals surface area contributed by atoms with Crippen LogP contribution in [-0.4, -0.2) is 37.5 Å². The number of rotatable bonds is 6. The van der Waals surface area contributed by atoms with Crippen molar-refractivity contribution < 1.29 is 0 Å². The molecule has 0 aromatic heterocycles. The summed E-state index contributed by atoms with van der Waals surface area (Å²) in [6.45, 7) is 12.1. The molecule has 0 aliphatic carbocycles. The molecular formula is C28H42N2P2. The second-order valence-electron chi connectivity index (χ2n) is 10.6. The van der Waals surface area contributed by atoms with Crippen LogP contribution >= 0.6 is 17.2 Å². The van der Waals surface area contributed by atoms with Crippen LogP contribution in [-0.2, 0) is 17.7 Å². The topological polar surface area (TPSA) is 24.1 Å². The summed E-state index contributed by atoms with van der Waals surface area (Å²) in [5.41, 5.74) is 9.42. The number of benzene rings is 2. The second-order valence-corrected chi connectivity index (χ2v) is 13.8. The molecule has 174 valence electrons. The first-order valence-electron chi connectivity index (χ1n) is 12.6. The van der Waals surface area contributed by atoms with Gasteiger partial charge in [0, 0.05) is 13.1 Å². The van der Waals surface area contributed by atoms with E-state index in [1.807, 2.05) is 0 Å². The van der Waals surface area contributed by atoms with Gasteiger partial charge in [-0.2, -0.15) is 0 Å². The van der Waals surface area contributed by atoms with Crippen LogP contribution in [0.25, 0.3) is 11.1 Å². The van der Waals surface area contributed by atoms with E-state index in [4.69, 9.17) is 0 Å². The van der Waals surface area contributed by atoms with E-state index in [9.17, 15) is 0 Å². The number of piperidine rings is 2. The van der Waals surface area contributed by atoms with Crippen molar-refractivity contribution in [1.82, 2.24) is 10.6 Å². The Morgan fingerprint density at radius 1 is 0.906 bits per heavy atom. The molecule has 4 rings (SSSR count). The maximum Gasteiger partial charge on any atom is 0.00191 e. The Balaban J connectivity index is 1.80. The molecule has 0 saturated carbocycles. The van der Waals surface area contributed by atoms with E-state index in [1.165, 1.54) is 69.2 Å². The fraction of sp³-hybridized carbons (Fsp3) is 0.571. The standard InChI is InChI=1S/C28H42N2P2/c1-28(2,3)27-25(21-9-5-4-6-10-21)14-13-22(19-31)26(27)20-32(23-11-7-15-29-17-23)24-12-8-16-30-18-24/h4-6,9-10,13-14,23-24,29-30H,7-8,11-12,15-20,31H2,1-3H3. The predicted molar refractivity (Wildman–Crippen MR) is 146 cm³/mol. The van der Waals surface area contributed by atoms with Crippen molar-refractivity contribution in [2.45, 2.75) is 75.5 Å². The fourth-order valence-electron chi connectivity index (χ4n) is 5.75. The Labute approximate surface area is 199 Å². The third-order valence-electron chi connectivity index (χ3n) is 7.29. The zero-order chi connectivity index (χ0) is 22.6. The van der Waals surface area contributed by atoms with Gasteiger partial charge in [0.05, 0.1) is 0 Å². The molecule has 4 heteroatoms. The zero-order valence-corrected chi connectivity index (χ0v) is 22.3. The number of nitrogens with one attached hydrogen (secondary N) is 2. The van der Waals surface area contributed by atoms with Gasteiger partial charge in [-0.1, -0.05) is 71.2 Å². The maximum absolute atomic E-state index is 3.74. The normalized spacial score (nSPS) is 23.1. The number of hydrogen-bond donors (Lipinski definition) is 2. The highest BCUT2D eigenvalue weighted by Crippen LogP contribution is 2.55. The fourth-order valence-corrected chi connectivity index (χ4v) is 9.73. The van der Waals surface area contributed by atoms with Gasteiger partial charge in [0.1, 0.15) is 0 Å². The van der Waals surface area contributed by atoms with Gasteiger partial charge in [0.15, 0.2) is 0 Å². The van der Waals surface area contributed by atoms with E-state index in [0.29, 0.717) is 0 Å². The molecule has 0 amide bonds. The molecule has 2 saturated heterocycles. The van der Waals surface area contributed by atoms with Crippen LogP contribution in [0.2, 0.25) is 0 Å². The van der Waals surface area contributed by atoms with Gasteiger partial charge in [-0.25, -0.2) is 0 Å². The van der Waals surface area contributed by atoms with Crippen LogP contribution in [0.15, 0.2) is 42.5 Å². The van der Waals surface area contributed by atoms with Gasteiger partial charge in [0.2, 0.25) is 0 Å². The highest BCUT2D eigenvalue weighted by Gasteiger charge is 2.34. The van der Waals surface area contributed by atoms with E-state index in [0.717, 1.165) is 17.5 Å². The molecule has 2 aliphatic heterocycles. The average molecular weight is 469 g/mol. The Morgan fingerprint density at radius 3 is 2.03 bits per heavy atom. The summed E-state index contributed by atoms with van der Waals surface area (Å²) in [5, 5.41) is 7.49. The lowest BCUT2D eigenvalue weighted by molar-refractivity contribution is 0.500. The van der Waals surface area contributed by atoms with Gasteiger partial charge < -0.3 is 10.6 Å². The molecule has 0 radical (unpaired) electrons. The van der Waals surface area contributed by atoms with Crippen LogP contribution in [0, 0.1) is 0 Å². The smallest absolute Gasteiger partial charge is 0.00191 e. The molecule has 2 aliphatic rings. The monoisotopic (exact) mass is 468 g/mol. The molecule has 2 N–H and O–H groups in total. The average Bonchev–Trinajstić information content (AvgIpc) is 2.83. The maximum atomic E-state index is 3.74. The van der Waals surface area contributed by atoms with E-state index in [-0.39, 0.29) is 13.3 Å². The minimum absolute atomic E-state index is 0.0741. The van der Waals surface area contributed by atoms with Gasteiger partial charge in [-0.3, -0.25) is 0 Å². The van der Waals surface area contributed by atoms with E-state index in [1.54, 1.807) is 16.7 Å². The van der Waals surface area contributed by atoms with Crippen LogP contribution < -0.4 is 10.6 Å². The summed E-state index contributed by atoms with van der Waals surface area (Å²) in [6, 6.07) is 15.9. The SMILES string of the molecule is CC(C)(C)c1c(-c2ccccc2)ccc(CP)c1CP(C1CCCNC1)C1CCCNC1. The van der Waals surface area contributed by atoms with Crippen LogP contribution in [0.3, 0.4) is 0 Å². The minimum Gasteiger partial charge on any atom is -0.316 e. The van der Waals surface area contributed by atoms with E-state index < -0.39 is 0 Å². The van der Waals surface area contributed by atoms with Crippen LogP contribution in [0.4, 0.5) is 0 Å². The van der Waals surface area contributed by atoms with Crippen LogP contribution in [0.5, 0.6) is 0 Å². The summed E-state index contributed by atoms with van der Waals surface area (Å²) >= 11 is 0. The Hall–Kier alpha value is -0.780. The van der Waals surface area contributed by atoms with Crippen molar-refractivity contribution in [2.24, 2.45) is 0 Å².